The molecule has 30 heavy (non-hydrogen) atoms. The molecule has 0 fully saturated rings. The van der Waals surface area contributed by atoms with Gasteiger partial charge in [-0.1, -0.05) is 98.6 Å². The highest BCUT2D eigenvalue weighted by atomic mass is 35.5. The first-order valence-electron chi connectivity index (χ1n) is 11.3. The van der Waals surface area contributed by atoms with Crippen LogP contribution in [-0.4, -0.2) is 0 Å². The van der Waals surface area contributed by atoms with Crippen molar-refractivity contribution in [2.24, 2.45) is 11.8 Å². The Morgan fingerprint density at radius 1 is 0.900 bits per heavy atom. The third-order valence-electron chi connectivity index (χ3n) is 7.32. The van der Waals surface area contributed by atoms with Crippen LogP contribution in [0, 0.1) is 11.8 Å². The van der Waals surface area contributed by atoms with Crippen molar-refractivity contribution in [3.05, 3.63) is 95.0 Å². The first-order valence-corrected chi connectivity index (χ1v) is 11.7. The van der Waals surface area contributed by atoms with Crippen molar-refractivity contribution in [3.63, 3.8) is 0 Å². The van der Waals surface area contributed by atoms with Crippen LogP contribution in [0.2, 0.25) is 5.02 Å². The molecule has 0 saturated carbocycles. The lowest BCUT2D eigenvalue weighted by atomic mass is 9.70. The summed E-state index contributed by atoms with van der Waals surface area (Å²) in [5.41, 5.74) is 8.27. The lowest BCUT2D eigenvalue weighted by Gasteiger charge is -2.34. The zero-order valence-electron chi connectivity index (χ0n) is 17.9. The number of hydrogen-bond donors (Lipinski definition) is 0. The van der Waals surface area contributed by atoms with Gasteiger partial charge in [0.2, 0.25) is 0 Å². The molecular formula is C29H29Cl. The van der Waals surface area contributed by atoms with Crippen molar-refractivity contribution in [3.8, 4) is 22.3 Å². The number of allylic oxidation sites excluding steroid dienone is 2. The Bertz CT molecular complexity index is 1090. The fourth-order valence-electron chi connectivity index (χ4n) is 5.71. The average Bonchev–Trinajstić information content (AvgIpc) is 3.05. The van der Waals surface area contributed by atoms with Gasteiger partial charge in [0.05, 0.1) is 0 Å². The molecule has 0 heterocycles. The van der Waals surface area contributed by atoms with Gasteiger partial charge >= 0.3 is 0 Å². The molecule has 1 spiro atoms. The van der Waals surface area contributed by atoms with E-state index < -0.39 is 0 Å². The molecule has 0 amide bonds. The minimum Gasteiger partial charge on any atom is -0.0845 e. The van der Waals surface area contributed by atoms with Crippen molar-refractivity contribution in [2.45, 2.75) is 44.9 Å². The van der Waals surface area contributed by atoms with E-state index in [0.29, 0.717) is 5.92 Å². The molecule has 2 aliphatic rings. The van der Waals surface area contributed by atoms with E-state index in [9.17, 15) is 0 Å². The summed E-state index contributed by atoms with van der Waals surface area (Å²) in [6, 6.07) is 24.2. The van der Waals surface area contributed by atoms with Gasteiger partial charge in [-0.15, -0.1) is 0 Å². The van der Waals surface area contributed by atoms with E-state index >= 15 is 0 Å². The second kappa shape index (κ2) is 7.75. The van der Waals surface area contributed by atoms with E-state index in [1.54, 1.807) is 0 Å². The molecule has 0 aromatic heterocycles. The molecule has 3 aromatic carbocycles. The molecule has 0 nitrogen and oxygen atoms in total. The summed E-state index contributed by atoms with van der Waals surface area (Å²) in [4.78, 5) is 0. The molecular weight excluding hydrogens is 384 g/mol. The molecule has 152 valence electrons. The molecule has 0 bridgehead atoms. The van der Waals surface area contributed by atoms with Crippen molar-refractivity contribution < 1.29 is 0 Å². The van der Waals surface area contributed by atoms with E-state index in [2.05, 4.69) is 80.6 Å². The molecule has 1 heteroatoms. The van der Waals surface area contributed by atoms with Crippen LogP contribution in [0.4, 0.5) is 0 Å². The molecule has 0 radical (unpaired) electrons. The van der Waals surface area contributed by atoms with Crippen LogP contribution in [0.15, 0.2) is 78.9 Å². The SMILES string of the molecule is CCC1CCC2(/C=C/C(C)C1)c1ccccc1-c1c(-c3ccc(Cl)cc3)cccc12. The Morgan fingerprint density at radius 3 is 2.43 bits per heavy atom. The summed E-state index contributed by atoms with van der Waals surface area (Å²) in [6.07, 6.45) is 10.1. The van der Waals surface area contributed by atoms with E-state index in [4.69, 9.17) is 11.6 Å². The Kier molecular flexibility index (Phi) is 5.07. The van der Waals surface area contributed by atoms with Crippen molar-refractivity contribution in [1.82, 2.24) is 0 Å². The highest BCUT2D eigenvalue weighted by Gasteiger charge is 2.42. The maximum atomic E-state index is 6.18. The summed E-state index contributed by atoms with van der Waals surface area (Å²) >= 11 is 6.18. The van der Waals surface area contributed by atoms with Crippen LogP contribution in [0.3, 0.4) is 0 Å². The van der Waals surface area contributed by atoms with Crippen LogP contribution < -0.4 is 0 Å². The highest BCUT2D eigenvalue weighted by Crippen LogP contribution is 2.56. The van der Waals surface area contributed by atoms with E-state index in [-0.39, 0.29) is 5.41 Å². The molecule has 0 aliphatic heterocycles. The van der Waals surface area contributed by atoms with Crippen LogP contribution in [0.25, 0.3) is 22.3 Å². The van der Waals surface area contributed by atoms with Gasteiger partial charge in [0, 0.05) is 10.4 Å². The summed E-state index contributed by atoms with van der Waals surface area (Å²) in [7, 11) is 0. The lowest BCUT2D eigenvalue weighted by molar-refractivity contribution is 0.350. The third kappa shape index (κ3) is 3.13. The molecule has 3 atom stereocenters. The smallest absolute Gasteiger partial charge is 0.0406 e. The predicted molar refractivity (Wildman–Crippen MR) is 129 cm³/mol. The molecule has 3 unspecified atom stereocenters. The zero-order chi connectivity index (χ0) is 20.7. The molecule has 2 aliphatic carbocycles. The van der Waals surface area contributed by atoms with Crippen LogP contribution in [0.5, 0.6) is 0 Å². The molecule has 0 N–H and O–H groups in total. The van der Waals surface area contributed by atoms with Gasteiger partial charge in [0.1, 0.15) is 0 Å². The summed E-state index contributed by atoms with van der Waals surface area (Å²) in [6.45, 7) is 4.73. The van der Waals surface area contributed by atoms with Gasteiger partial charge < -0.3 is 0 Å². The van der Waals surface area contributed by atoms with Crippen LogP contribution in [0.1, 0.15) is 50.7 Å². The number of benzene rings is 3. The monoisotopic (exact) mass is 412 g/mol. The van der Waals surface area contributed by atoms with E-state index in [1.165, 1.54) is 59.1 Å². The maximum absolute atomic E-state index is 6.18. The van der Waals surface area contributed by atoms with Gasteiger partial charge in [-0.05, 0) is 76.6 Å². The first kappa shape index (κ1) is 19.6. The molecule has 3 aromatic rings. The largest absolute Gasteiger partial charge is 0.0845 e. The van der Waals surface area contributed by atoms with Crippen LogP contribution in [-0.2, 0) is 5.41 Å². The van der Waals surface area contributed by atoms with E-state index in [1.807, 2.05) is 12.1 Å². The minimum absolute atomic E-state index is 0.0174. The quantitative estimate of drug-likeness (QED) is 0.369. The van der Waals surface area contributed by atoms with Gasteiger partial charge in [0.25, 0.3) is 0 Å². The van der Waals surface area contributed by atoms with Crippen molar-refractivity contribution >= 4 is 11.6 Å². The Morgan fingerprint density at radius 2 is 1.63 bits per heavy atom. The number of halogens is 1. The van der Waals surface area contributed by atoms with Gasteiger partial charge in [-0.25, -0.2) is 0 Å². The third-order valence-corrected chi connectivity index (χ3v) is 7.57. The van der Waals surface area contributed by atoms with Gasteiger partial charge in [-0.2, -0.15) is 0 Å². The Labute approximate surface area is 185 Å². The fraction of sp³-hybridized carbons (Fsp3) is 0.310. The van der Waals surface area contributed by atoms with Crippen molar-refractivity contribution in [1.29, 1.82) is 0 Å². The Balaban J connectivity index is 1.75. The first-order chi connectivity index (χ1) is 14.6. The van der Waals surface area contributed by atoms with E-state index in [0.717, 1.165) is 10.9 Å². The molecule has 0 saturated heterocycles. The summed E-state index contributed by atoms with van der Waals surface area (Å²) in [5, 5.41) is 0.783. The summed E-state index contributed by atoms with van der Waals surface area (Å²) in [5.74, 6) is 1.43. The topological polar surface area (TPSA) is 0 Å². The maximum Gasteiger partial charge on any atom is 0.0406 e. The van der Waals surface area contributed by atoms with Crippen molar-refractivity contribution in [2.75, 3.05) is 0 Å². The number of fused-ring (bicyclic) bond motifs is 5. The Hall–Kier alpha value is -2.31. The van der Waals surface area contributed by atoms with Crippen LogP contribution >= 0.6 is 11.6 Å². The standard InChI is InChI=1S/C29H29Cl/c1-3-21-16-18-29(17-15-20(2)19-21)26-9-5-4-7-25(26)28-24(8-6-10-27(28)29)22-11-13-23(30)14-12-22/h4-15,17,20-21H,3,16,18-19H2,1-2H3/b17-15+. The second-order valence-electron chi connectivity index (χ2n) is 9.14. The zero-order valence-corrected chi connectivity index (χ0v) is 18.6. The average molecular weight is 413 g/mol. The second-order valence-corrected chi connectivity index (χ2v) is 9.57. The number of hydrogen-bond acceptors (Lipinski definition) is 0. The normalized spacial score (nSPS) is 26.0. The number of rotatable bonds is 2. The predicted octanol–water partition coefficient (Wildman–Crippen LogP) is 8.68. The molecule has 5 rings (SSSR count). The fourth-order valence-corrected chi connectivity index (χ4v) is 5.83. The highest BCUT2D eigenvalue weighted by molar-refractivity contribution is 6.30. The van der Waals surface area contributed by atoms with Gasteiger partial charge in [-0.3, -0.25) is 0 Å². The lowest BCUT2D eigenvalue weighted by Crippen LogP contribution is -2.26. The van der Waals surface area contributed by atoms with Gasteiger partial charge in [0.15, 0.2) is 0 Å². The summed E-state index contributed by atoms with van der Waals surface area (Å²) < 4.78 is 0. The minimum atomic E-state index is -0.0174.